The third kappa shape index (κ3) is 1.72. The molecule has 1 heterocycles. The molecule has 16 heavy (non-hydrogen) atoms. The number of nitrogens with one attached hydrogen (secondary N) is 1. The van der Waals surface area contributed by atoms with Crippen LogP contribution in [0.25, 0.3) is 16.5 Å². The van der Waals surface area contributed by atoms with Crippen molar-refractivity contribution in [2.75, 3.05) is 0 Å². The monoisotopic (exact) mass is 215 g/mol. The van der Waals surface area contributed by atoms with Crippen molar-refractivity contribution in [2.45, 2.75) is 13.3 Å². The molecule has 1 aromatic carbocycles. The summed E-state index contributed by atoms with van der Waals surface area (Å²) in [7, 11) is 0. The van der Waals surface area contributed by atoms with E-state index in [2.05, 4.69) is 11.6 Å². The van der Waals surface area contributed by atoms with E-state index in [-0.39, 0.29) is 6.42 Å². The van der Waals surface area contributed by atoms with Crippen LogP contribution in [0.4, 0.5) is 0 Å². The Morgan fingerprint density at radius 1 is 1.44 bits per heavy atom. The van der Waals surface area contributed by atoms with Crippen molar-refractivity contribution >= 4 is 22.4 Å². The number of carbonyl (C=O) groups is 1. The summed E-state index contributed by atoms with van der Waals surface area (Å²) in [6, 6.07) is 7.83. The van der Waals surface area contributed by atoms with E-state index in [0.717, 1.165) is 22.2 Å². The van der Waals surface area contributed by atoms with Gasteiger partial charge in [0.15, 0.2) is 0 Å². The maximum atomic E-state index is 10.7. The summed E-state index contributed by atoms with van der Waals surface area (Å²) in [6.45, 7) is 5.78. The first kappa shape index (κ1) is 10.5. The molecule has 0 aliphatic carbocycles. The van der Waals surface area contributed by atoms with Crippen LogP contribution in [0.3, 0.4) is 0 Å². The van der Waals surface area contributed by atoms with Gasteiger partial charge in [0.25, 0.3) is 0 Å². The number of benzene rings is 1. The number of aliphatic carboxylic acids is 1. The fraction of sp³-hybridized carbons (Fsp3) is 0.154. The number of hydrogen-bond acceptors (Lipinski definition) is 1. The molecule has 0 bridgehead atoms. The molecule has 2 rings (SSSR count). The Balaban J connectivity index is 2.55. The van der Waals surface area contributed by atoms with Gasteiger partial charge in [0.1, 0.15) is 0 Å². The smallest absolute Gasteiger partial charge is 0.307 e. The minimum atomic E-state index is -0.852. The molecule has 0 aliphatic heterocycles. The number of carboxylic acid groups (broad SMARTS) is 1. The first-order valence-electron chi connectivity index (χ1n) is 5.07. The molecular formula is C13H13NO2. The van der Waals surface area contributed by atoms with Gasteiger partial charge in [-0.05, 0) is 18.6 Å². The lowest BCUT2D eigenvalue weighted by Crippen LogP contribution is -1.96. The Morgan fingerprint density at radius 2 is 2.12 bits per heavy atom. The normalized spacial score (nSPS) is 10.6. The first-order chi connectivity index (χ1) is 7.59. The Bertz CT molecular complexity index is 566. The van der Waals surface area contributed by atoms with Crippen LogP contribution in [-0.2, 0) is 4.79 Å². The molecule has 1 aromatic heterocycles. The van der Waals surface area contributed by atoms with Crippen LogP contribution < -0.4 is 0 Å². The van der Waals surface area contributed by atoms with Crippen molar-refractivity contribution in [2.24, 2.45) is 0 Å². The third-order valence-corrected chi connectivity index (χ3v) is 2.61. The van der Waals surface area contributed by atoms with E-state index in [1.165, 1.54) is 0 Å². The number of hydrogen-bond donors (Lipinski definition) is 2. The summed E-state index contributed by atoms with van der Waals surface area (Å²) in [4.78, 5) is 13.9. The zero-order valence-corrected chi connectivity index (χ0v) is 9.08. The van der Waals surface area contributed by atoms with Crippen molar-refractivity contribution in [3.05, 3.63) is 42.1 Å². The van der Waals surface area contributed by atoms with Gasteiger partial charge in [0.05, 0.1) is 6.42 Å². The van der Waals surface area contributed by atoms with E-state index in [9.17, 15) is 4.79 Å². The molecule has 2 aromatic rings. The Hall–Kier alpha value is -2.03. The van der Waals surface area contributed by atoms with Gasteiger partial charge in [0.2, 0.25) is 0 Å². The van der Waals surface area contributed by atoms with Crippen molar-refractivity contribution in [3.63, 3.8) is 0 Å². The van der Waals surface area contributed by atoms with Crippen LogP contribution in [0.15, 0.2) is 30.8 Å². The number of fused-ring (bicyclic) bond motifs is 1. The fourth-order valence-corrected chi connectivity index (χ4v) is 2.00. The number of H-pyrrole nitrogens is 1. The van der Waals surface area contributed by atoms with E-state index >= 15 is 0 Å². The maximum Gasteiger partial charge on any atom is 0.307 e. The molecule has 3 nitrogen and oxygen atoms in total. The second-order valence-corrected chi connectivity index (χ2v) is 3.84. The second kappa shape index (κ2) is 3.85. The Labute approximate surface area is 93.4 Å². The number of aryl methyl sites for hydroxylation is 1. The van der Waals surface area contributed by atoms with Crippen LogP contribution >= 0.6 is 0 Å². The van der Waals surface area contributed by atoms with Crippen molar-refractivity contribution in [1.82, 2.24) is 4.98 Å². The molecule has 0 fully saturated rings. The van der Waals surface area contributed by atoms with Gasteiger partial charge >= 0.3 is 5.97 Å². The first-order valence-corrected chi connectivity index (χ1v) is 5.07. The highest BCUT2D eigenvalue weighted by atomic mass is 16.4. The molecule has 0 unspecified atom stereocenters. The van der Waals surface area contributed by atoms with Crippen molar-refractivity contribution < 1.29 is 9.90 Å². The summed E-state index contributed by atoms with van der Waals surface area (Å²) in [5.41, 5.74) is 3.55. The van der Waals surface area contributed by atoms with Gasteiger partial charge < -0.3 is 10.1 Å². The quantitative estimate of drug-likeness (QED) is 0.827. The predicted octanol–water partition coefficient (Wildman–Crippen LogP) is 2.96. The molecule has 3 heteroatoms. The lowest BCUT2D eigenvalue weighted by molar-refractivity contribution is -0.135. The lowest BCUT2D eigenvalue weighted by atomic mass is 10.0. The molecule has 0 atom stereocenters. The summed E-state index contributed by atoms with van der Waals surface area (Å²) in [5, 5.41) is 9.81. The summed E-state index contributed by atoms with van der Waals surface area (Å²) >= 11 is 0. The van der Waals surface area contributed by atoms with E-state index < -0.39 is 5.97 Å². The topological polar surface area (TPSA) is 53.1 Å². The van der Waals surface area contributed by atoms with Gasteiger partial charge in [-0.25, -0.2) is 0 Å². The summed E-state index contributed by atoms with van der Waals surface area (Å²) in [5.74, 6) is -0.852. The zero-order chi connectivity index (χ0) is 11.7. The molecule has 2 N–H and O–H groups in total. The van der Waals surface area contributed by atoms with Gasteiger partial charge in [-0.2, -0.15) is 0 Å². The summed E-state index contributed by atoms with van der Waals surface area (Å²) < 4.78 is 0. The minimum absolute atomic E-state index is 0.0251. The fourth-order valence-electron chi connectivity index (χ4n) is 2.00. The second-order valence-electron chi connectivity index (χ2n) is 3.84. The predicted molar refractivity (Wildman–Crippen MR) is 64.3 cm³/mol. The van der Waals surface area contributed by atoms with Crippen LogP contribution in [0, 0.1) is 6.92 Å². The molecule has 0 radical (unpaired) electrons. The van der Waals surface area contributed by atoms with Gasteiger partial charge in [-0.1, -0.05) is 24.8 Å². The highest BCUT2D eigenvalue weighted by molar-refractivity contribution is 5.97. The zero-order valence-electron chi connectivity index (χ0n) is 9.08. The number of aromatic nitrogens is 1. The molecular weight excluding hydrogens is 202 g/mol. The van der Waals surface area contributed by atoms with Crippen LogP contribution in [0.5, 0.6) is 0 Å². The van der Waals surface area contributed by atoms with Gasteiger partial charge in [-0.15, -0.1) is 0 Å². The maximum absolute atomic E-state index is 10.7. The van der Waals surface area contributed by atoms with Gasteiger partial charge in [0, 0.05) is 22.2 Å². The molecule has 0 saturated carbocycles. The van der Waals surface area contributed by atoms with E-state index in [4.69, 9.17) is 5.11 Å². The third-order valence-electron chi connectivity index (χ3n) is 2.61. The highest BCUT2D eigenvalue weighted by Gasteiger charge is 2.12. The minimum Gasteiger partial charge on any atom is -0.481 e. The molecule has 0 saturated heterocycles. The average Bonchev–Trinajstić information content (AvgIpc) is 2.52. The number of carboxylic acids is 1. The average molecular weight is 215 g/mol. The lowest BCUT2D eigenvalue weighted by Gasteiger charge is -2.02. The highest BCUT2D eigenvalue weighted by Crippen LogP contribution is 2.29. The molecule has 82 valence electrons. The van der Waals surface area contributed by atoms with Crippen molar-refractivity contribution in [1.29, 1.82) is 0 Å². The Kier molecular flexibility index (Phi) is 2.52. The van der Waals surface area contributed by atoms with E-state index in [1.807, 2.05) is 31.2 Å². The van der Waals surface area contributed by atoms with Crippen LogP contribution in [0.2, 0.25) is 0 Å². The van der Waals surface area contributed by atoms with Crippen LogP contribution in [0.1, 0.15) is 17.7 Å². The molecule has 0 aliphatic rings. The summed E-state index contributed by atoms with van der Waals surface area (Å²) in [6.07, 6.45) is -0.0251. The van der Waals surface area contributed by atoms with Crippen molar-refractivity contribution in [3.8, 4) is 0 Å². The van der Waals surface area contributed by atoms with Gasteiger partial charge in [-0.3, -0.25) is 4.79 Å². The SMILES string of the molecule is C=C(CC(=O)O)c1c(C)[nH]c2ccccc12. The standard InChI is InChI=1S/C13H13NO2/c1-8(7-12(15)16)13-9(2)14-11-6-4-3-5-10(11)13/h3-6,14H,1,7H2,2H3,(H,15,16). The van der Waals surface area contributed by atoms with Crippen LogP contribution in [-0.4, -0.2) is 16.1 Å². The largest absolute Gasteiger partial charge is 0.481 e. The molecule has 0 amide bonds. The van der Waals surface area contributed by atoms with E-state index in [1.54, 1.807) is 0 Å². The molecule has 0 spiro atoms. The number of aromatic amines is 1. The number of rotatable bonds is 3. The number of para-hydroxylation sites is 1. The van der Waals surface area contributed by atoms with E-state index in [0.29, 0.717) is 5.57 Å². The Morgan fingerprint density at radius 3 is 2.81 bits per heavy atom.